The van der Waals surface area contributed by atoms with E-state index in [9.17, 15) is 0 Å². The van der Waals surface area contributed by atoms with Crippen molar-refractivity contribution in [2.75, 3.05) is 0 Å². The molecular weight excluding hydrogens is 625 g/mol. The van der Waals surface area contributed by atoms with Crippen molar-refractivity contribution in [1.29, 1.82) is 0 Å². The first-order valence-electron chi connectivity index (χ1n) is 18.4. The minimum atomic E-state index is 0.0949. The summed E-state index contributed by atoms with van der Waals surface area (Å²) in [6.07, 6.45) is 0. The van der Waals surface area contributed by atoms with Gasteiger partial charge in [0.05, 0.1) is 0 Å². The topological polar surface area (TPSA) is 0 Å². The maximum Gasteiger partial charge on any atom is -0.000741 e. The Morgan fingerprint density at radius 2 is 0.712 bits per heavy atom. The molecule has 0 unspecified atom stereocenters. The van der Waals surface area contributed by atoms with Crippen molar-refractivity contribution in [3.63, 3.8) is 0 Å². The Morgan fingerprint density at radius 3 is 1.29 bits per heavy atom. The molecule has 9 aromatic carbocycles. The normalized spacial score (nSPS) is 12.5. The Morgan fingerprint density at radius 1 is 0.288 bits per heavy atom. The number of benzene rings is 9. The molecule has 0 atom stereocenters. The fourth-order valence-electron chi connectivity index (χ4n) is 9.40. The monoisotopic (exact) mass is 660 g/mol. The predicted octanol–water partition coefficient (Wildman–Crippen LogP) is 14.7. The standard InChI is InChI=1S/C52H36/c1-52(2,3)33-24-25-36-39-21-12-20-37-34(26-28-42(48(37)39)45(36)30-33)35-27-29-44-49-38(35)22-13-23-43(49)50-46(31-14-6-4-7-15-31)40-18-10-11-19-41(40)47(51(44)50)32-16-8-5-9-17-32/h4-30H,1-3H3. The largest absolute Gasteiger partial charge is 0.0622 e. The zero-order valence-corrected chi connectivity index (χ0v) is 29.6. The molecule has 0 saturated carbocycles. The smallest absolute Gasteiger partial charge is 0.000741 e. The highest BCUT2D eigenvalue weighted by Crippen LogP contribution is 2.59. The molecule has 9 aromatic rings. The first-order chi connectivity index (χ1) is 25.5. The van der Waals surface area contributed by atoms with Crippen molar-refractivity contribution in [2.45, 2.75) is 26.2 Å². The van der Waals surface area contributed by atoms with Crippen LogP contribution in [0.2, 0.25) is 0 Å². The first-order valence-corrected chi connectivity index (χ1v) is 18.4. The van der Waals surface area contributed by atoms with E-state index in [-0.39, 0.29) is 5.41 Å². The van der Waals surface area contributed by atoms with Crippen molar-refractivity contribution in [2.24, 2.45) is 0 Å². The fourth-order valence-corrected chi connectivity index (χ4v) is 9.40. The van der Waals surface area contributed by atoms with E-state index in [4.69, 9.17) is 0 Å². The number of hydrogen-bond donors (Lipinski definition) is 0. The molecule has 0 saturated heterocycles. The van der Waals surface area contributed by atoms with Gasteiger partial charge in [0.25, 0.3) is 0 Å². The lowest BCUT2D eigenvalue weighted by Crippen LogP contribution is -2.10. The minimum Gasteiger partial charge on any atom is -0.0622 e. The highest BCUT2D eigenvalue weighted by atomic mass is 14.3. The van der Waals surface area contributed by atoms with Crippen LogP contribution < -0.4 is 0 Å². The third-order valence-electron chi connectivity index (χ3n) is 11.7. The van der Waals surface area contributed by atoms with Crippen LogP contribution in [0.1, 0.15) is 26.3 Å². The fraction of sp³-hybridized carbons (Fsp3) is 0.0769. The lowest BCUT2D eigenvalue weighted by molar-refractivity contribution is 0.590. The highest BCUT2D eigenvalue weighted by Gasteiger charge is 2.32. The van der Waals surface area contributed by atoms with Crippen LogP contribution in [-0.4, -0.2) is 0 Å². The van der Waals surface area contributed by atoms with Crippen molar-refractivity contribution < 1.29 is 0 Å². The summed E-state index contributed by atoms with van der Waals surface area (Å²) in [4.78, 5) is 0. The molecule has 0 amide bonds. The van der Waals surface area contributed by atoms with Crippen molar-refractivity contribution in [1.82, 2.24) is 0 Å². The van der Waals surface area contributed by atoms with Gasteiger partial charge in [-0.15, -0.1) is 0 Å². The van der Waals surface area contributed by atoms with Gasteiger partial charge >= 0.3 is 0 Å². The summed E-state index contributed by atoms with van der Waals surface area (Å²) in [6.45, 7) is 6.91. The van der Waals surface area contributed by atoms with Crippen LogP contribution in [-0.2, 0) is 5.41 Å². The van der Waals surface area contributed by atoms with Gasteiger partial charge in [-0.1, -0.05) is 178 Å². The lowest BCUT2D eigenvalue weighted by atomic mass is 9.82. The third-order valence-corrected chi connectivity index (χ3v) is 11.7. The molecule has 0 nitrogen and oxygen atoms in total. The van der Waals surface area contributed by atoms with Gasteiger partial charge in [0.1, 0.15) is 0 Å². The zero-order valence-electron chi connectivity index (χ0n) is 29.6. The minimum absolute atomic E-state index is 0.0949. The molecule has 0 aromatic heterocycles. The summed E-state index contributed by atoms with van der Waals surface area (Å²) in [5.41, 5.74) is 19.9. The quantitative estimate of drug-likeness (QED) is 0.177. The summed E-state index contributed by atoms with van der Waals surface area (Å²) in [6, 6.07) is 61.5. The van der Waals surface area contributed by atoms with Gasteiger partial charge in [-0.2, -0.15) is 0 Å². The Labute approximate surface area is 304 Å². The van der Waals surface area contributed by atoms with Crippen molar-refractivity contribution >= 4 is 32.3 Å². The van der Waals surface area contributed by atoms with Crippen LogP contribution >= 0.6 is 0 Å². The highest BCUT2D eigenvalue weighted by molar-refractivity contribution is 6.29. The summed E-state index contributed by atoms with van der Waals surface area (Å²) >= 11 is 0. The van der Waals surface area contributed by atoms with Gasteiger partial charge in [-0.25, -0.2) is 0 Å². The first kappa shape index (κ1) is 29.5. The Balaban J connectivity index is 1.21. The average Bonchev–Trinajstić information content (AvgIpc) is 3.69. The van der Waals surface area contributed by atoms with Crippen molar-refractivity contribution in [3.05, 3.63) is 169 Å². The number of fused-ring (bicyclic) bond motifs is 7. The van der Waals surface area contributed by atoms with E-state index >= 15 is 0 Å². The molecular formula is C52H36. The Hall–Kier alpha value is -6.24. The van der Waals surface area contributed by atoms with Crippen LogP contribution in [0, 0.1) is 0 Å². The van der Waals surface area contributed by atoms with Crippen LogP contribution in [0.4, 0.5) is 0 Å². The van der Waals surface area contributed by atoms with E-state index in [1.54, 1.807) is 0 Å². The van der Waals surface area contributed by atoms with Crippen LogP contribution in [0.5, 0.6) is 0 Å². The van der Waals surface area contributed by atoms with E-state index in [2.05, 4.69) is 185 Å². The maximum absolute atomic E-state index is 2.43. The molecule has 0 radical (unpaired) electrons. The molecule has 11 rings (SSSR count). The molecule has 244 valence electrons. The summed E-state index contributed by atoms with van der Waals surface area (Å²) in [7, 11) is 0. The lowest BCUT2D eigenvalue weighted by Gasteiger charge is -2.20. The second kappa shape index (κ2) is 10.6. The Bertz CT molecular complexity index is 2860. The van der Waals surface area contributed by atoms with Gasteiger partial charge in [0.15, 0.2) is 0 Å². The number of rotatable bonds is 3. The summed E-state index contributed by atoms with van der Waals surface area (Å²) in [5, 5.41) is 7.92. The van der Waals surface area contributed by atoms with E-state index in [0.29, 0.717) is 0 Å². The molecule has 0 heteroatoms. The number of hydrogen-bond acceptors (Lipinski definition) is 0. The molecule has 0 N–H and O–H groups in total. The molecule has 52 heavy (non-hydrogen) atoms. The third kappa shape index (κ3) is 3.98. The van der Waals surface area contributed by atoms with E-state index in [1.165, 1.54) is 116 Å². The Kier molecular flexibility index (Phi) is 6.03. The van der Waals surface area contributed by atoms with E-state index in [1.807, 2.05) is 0 Å². The van der Waals surface area contributed by atoms with Crippen LogP contribution in [0.3, 0.4) is 0 Å². The van der Waals surface area contributed by atoms with Gasteiger partial charge in [-0.05, 0) is 127 Å². The molecule has 2 aliphatic carbocycles. The zero-order chi connectivity index (χ0) is 34.7. The van der Waals surface area contributed by atoms with Gasteiger partial charge in [-0.3, -0.25) is 0 Å². The summed E-state index contributed by atoms with van der Waals surface area (Å²) < 4.78 is 0. The van der Waals surface area contributed by atoms with Crippen LogP contribution in [0.15, 0.2) is 164 Å². The summed E-state index contributed by atoms with van der Waals surface area (Å²) in [5.74, 6) is 0. The maximum atomic E-state index is 2.43. The molecule has 0 aliphatic heterocycles. The SMILES string of the molecule is CC(C)(C)c1ccc2c(c1)-c1ccc(-c3ccc4c5c(cccc35)-c3c-4c(-c4ccccc4)c4ccccc4c3-c3ccccc3)c3cccc-2c13. The van der Waals surface area contributed by atoms with Gasteiger partial charge in [0.2, 0.25) is 0 Å². The molecule has 0 fully saturated rings. The second-order valence-electron chi connectivity index (χ2n) is 15.6. The molecule has 0 heterocycles. The predicted molar refractivity (Wildman–Crippen MR) is 223 cm³/mol. The second-order valence-corrected chi connectivity index (χ2v) is 15.6. The molecule has 0 spiro atoms. The molecule has 0 bridgehead atoms. The van der Waals surface area contributed by atoms with E-state index in [0.717, 1.165) is 0 Å². The van der Waals surface area contributed by atoms with Gasteiger partial charge < -0.3 is 0 Å². The van der Waals surface area contributed by atoms with E-state index < -0.39 is 0 Å². The van der Waals surface area contributed by atoms with Gasteiger partial charge in [0, 0.05) is 0 Å². The van der Waals surface area contributed by atoms with Crippen molar-refractivity contribution in [3.8, 4) is 77.9 Å². The molecule has 2 aliphatic rings. The average molecular weight is 661 g/mol. The van der Waals surface area contributed by atoms with Crippen LogP contribution in [0.25, 0.3) is 110 Å².